The van der Waals surface area contributed by atoms with Crippen LogP contribution in [-0.4, -0.2) is 9.78 Å². The standard InChI is InChI=1S/C13H17F3N2/c1-6-10-9(7-8-12(2,3)4)11(13(14,15)16)17-18(10)5/h6H2,1-5H3. The lowest BCUT2D eigenvalue weighted by molar-refractivity contribution is -0.141. The van der Waals surface area contributed by atoms with Gasteiger partial charge in [0.2, 0.25) is 0 Å². The van der Waals surface area contributed by atoms with Gasteiger partial charge in [-0.25, -0.2) is 0 Å². The van der Waals surface area contributed by atoms with E-state index in [-0.39, 0.29) is 11.0 Å². The molecule has 0 spiro atoms. The summed E-state index contributed by atoms with van der Waals surface area (Å²) in [5, 5.41) is 3.54. The second kappa shape index (κ2) is 4.68. The van der Waals surface area contributed by atoms with Gasteiger partial charge < -0.3 is 0 Å². The average Bonchev–Trinajstić information content (AvgIpc) is 2.50. The summed E-state index contributed by atoms with van der Waals surface area (Å²) in [6, 6.07) is 0. The van der Waals surface area contributed by atoms with Gasteiger partial charge in [0.1, 0.15) is 0 Å². The van der Waals surface area contributed by atoms with Gasteiger partial charge in [0.15, 0.2) is 5.69 Å². The molecule has 0 aliphatic carbocycles. The first-order valence-corrected chi connectivity index (χ1v) is 5.72. The van der Waals surface area contributed by atoms with Gasteiger partial charge in [0.25, 0.3) is 0 Å². The summed E-state index contributed by atoms with van der Waals surface area (Å²) in [6.45, 7) is 7.36. The number of alkyl halides is 3. The van der Waals surface area contributed by atoms with Crippen LogP contribution in [0.1, 0.15) is 44.6 Å². The van der Waals surface area contributed by atoms with E-state index < -0.39 is 11.9 Å². The molecule has 1 aromatic heterocycles. The fourth-order valence-corrected chi connectivity index (χ4v) is 1.54. The number of nitrogens with zero attached hydrogens (tertiary/aromatic N) is 2. The van der Waals surface area contributed by atoms with Gasteiger partial charge in [-0.3, -0.25) is 4.68 Å². The Morgan fingerprint density at radius 3 is 2.17 bits per heavy atom. The number of rotatable bonds is 1. The summed E-state index contributed by atoms with van der Waals surface area (Å²) in [4.78, 5) is 0. The van der Waals surface area contributed by atoms with E-state index in [9.17, 15) is 13.2 Å². The predicted octanol–water partition coefficient (Wildman–Crippen LogP) is 3.40. The van der Waals surface area contributed by atoms with E-state index in [1.807, 2.05) is 20.8 Å². The van der Waals surface area contributed by atoms with E-state index in [1.54, 1.807) is 6.92 Å². The van der Waals surface area contributed by atoms with Crippen LogP contribution in [0.3, 0.4) is 0 Å². The Labute approximate surface area is 105 Å². The first kappa shape index (κ1) is 14.6. The summed E-state index contributed by atoms with van der Waals surface area (Å²) in [7, 11) is 1.51. The maximum Gasteiger partial charge on any atom is 0.436 e. The van der Waals surface area contributed by atoms with Gasteiger partial charge in [-0.05, 0) is 27.2 Å². The minimum absolute atomic E-state index is 0.00225. The molecule has 0 aliphatic rings. The molecule has 2 nitrogen and oxygen atoms in total. The molecule has 1 rings (SSSR count). The molecule has 0 saturated heterocycles. The maximum atomic E-state index is 12.9. The van der Waals surface area contributed by atoms with Crippen molar-refractivity contribution in [2.24, 2.45) is 12.5 Å². The Morgan fingerprint density at radius 2 is 1.78 bits per heavy atom. The molecular formula is C13H17F3N2. The molecule has 0 N–H and O–H groups in total. The van der Waals surface area contributed by atoms with Crippen molar-refractivity contribution >= 4 is 0 Å². The SMILES string of the molecule is CCc1c(C#CC(C)(C)C)c(C(F)(F)F)nn1C. The third kappa shape index (κ3) is 3.28. The highest BCUT2D eigenvalue weighted by Crippen LogP contribution is 2.32. The van der Waals surface area contributed by atoms with Crippen LogP contribution in [-0.2, 0) is 19.6 Å². The van der Waals surface area contributed by atoms with Crippen LogP contribution in [0.25, 0.3) is 0 Å². The van der Waals surface area contributed by atoms with E-state index in [1.165, 1.54) is 11.7 Å². The second-order valence-electron chi connectivity index (χ2n) is 5.15. The van der Waals surface area contributed by atoms with Crippen molar-refractivity contribution in [2.45, 2.75) is 40.3 Å². The fraction of sp³-hybridized carbons (Fsp3) is 0.615. The number of hydrogen-bond donors (Lipinski definition) is 0. The Morgan fingerprint density at radius 1 is 1.22 bits per heavy atom. The third-order valence-corrected chi connectivity index (χ3v) is 2.33. The van der Waals surface area contributed by atoms with Crippen LogP contribution in [0.2, 0.25) is 0 Å². The zero-order valence-electron chi connectivity index (χ0n) is 11.2. The van der Waals surface area contributed by atoms with Crippen molar-refractivity contribution < 1.29 is 13.2 Å². The molecule has 1 aromatic rings. The minimum Gasteiger partial charge on any atom is -0.271 e. The molecule has 5 heteroatoms. The Bertz CT molecular complexity index is 493. The lowest BCUT2D eigenvalue weighted by Crippen LogP contribution is -2.09. The van der Waals surface area contributed by atoms with Crippen molar-refractivity contribution in [2.75, 3.05) is 0 Å². The van der Waals surface area contributed by atoms with Crippen LogP contribution in [0.5, 0.6) is 0 Å². The second-order valence-corrected chi connectivity index (χ2v) is 5.15. The number of aryl methyl sites for hydroxylation is 1. The molecule has 0 aromatic carbocycles. The summed E-state index contributed by atoms with van der Waals surface area (Å²) in [5.41, 5.74) is -0.718. The van der Waals surface area contributed by atoms with Crippen LogP contribution in [0, 0.1) is 17.3 Å². The highest BCUT2D eigenvalue weighted by atomic mass is 19.4. The summed E-state index contributed by atoms with van der Waals surface area (Å²) in [6.07, 6.45) is -4.00. The van der Waals surface area contributed by atoms with E-state index in [0.717, 1.165) is 0 Å². The molecule has 0 bridgehead atoms. The fourth-order valence-electron chi connectivity index (χ4n) is 1.54. The van der Waals surface area contributed by atoms with Gasteiger partial charge in [0, 0.05) is 12.5 Å². The van der Waals surface area contributed by atoms with Crippen LogP contribution in [0.4, 0.5) is 13.2 Å². The molecule has 100 valence electrons. The average molecular weight is 258 g/mol. The molecule has 1 heterocycles. The number of halogens is 3. The highest BCUT2D eigenvalue weighted by molar-refractivity contribution is 5.44. The van der Waals surface area contributed by atoms with Gasteiger partial charge in [0.05, 0.1) is 11.3 Å². The molecule has 0 amide bonds. The smallest absolute Gasteiger partial charge is 0.271 e. The Kier molecular flexibility index (Phi) is 3.80. The van der Waals surface area contributed by atoms with Gasteiger partial charge in [-0.2, -0.15) is 18.3 Å². The summed E-state index contributed by atoms with van der Waals surface area (Å²) >= 11 is 0. The molecule has 0 saturated carbocycles. The minimum atomic E-state index is -4.47. The van der Waals surface area contributed by atoms with E-state index in [4.69, 9.17) is 0 Å². The molecule has 0 radical (unpaired) electrons. The Balaban J connectivity index is 3.43. The van der Waals surface area contributed by atoms with Crippen molar-refractivity contribution in [3.8, 4) is 11.8 Å². The van der Waals surface area contributed by atoms with Crippen molar-refractivity contribution in [3.63, 3.8) is 0 Å². The Hall–Kier alpha value is -1.44. The molecule has 0 atom stereocenters. The zero-order chi connectivity index (χ0) is 14.1. The lowest BCUT2D eigenvalue weighted by Gasteiger charge is -2.08. The quantitative estimate of drug-likeness (QED) is 0.706. The summed E-state index contributed by atoms with van der Waals surface area (Å²) in [5.74, 6) is 5.48. The topological polar surface area (TPSA) is 17.8 Å². The van der Waals surface area contributed by atoms with E-state index >= 15 is 0 Å². The first-order chi connectivity index (χ1) is 8.06. The van der Waals surface area contributed by atoms with Gasteiger partial charge >= 0.3 is 6.18 Å². The predicted molar refractivity (Wildman–Crippen MR) is 63.9 cm³/mol. The monoisotopic (exact) mass is 258 g/mol. The maximum absolute atomic E-state index is 12.9. The van der Waals surface area contributed by atoms with E-state index in [2.05, 4.69) is 16.9 Å². The van der Waals surface area contributed by atoms with Crippen LogP contribution >= 0.6 is 0 Å². The van der Waals surface area contributed by atoms with Gasteiger partial charge in [-0.1, -0.05) is 18.8 Å². The van der Waals surface area contributed by atoms with Gasteiger partial charge in [-0.15, -0.1) is 0 Å². The number of hydrogen-bond acceptors (Lipinski definition) is 1. The normalized spacial score (nSPS) is 12.2. The zero-order valence-corrected chi connectivity index (χ0v) is 11.2. The number of aromatic nitrogens is 2. The summed E-state index contributed by atoms with van der Waals surface area (Å²) < 4.78 is 39.8. The third-order valence-electron chi connectivity index (χ3n) is 2.33. The van der Waals surface area contributed by atoms with Crippen molar-refractivity contribution in [3.05, 3.63) is 17.0 Å². The molecule has 0 aliphatic heterocycles. The lowest BCUT2D eigenvalue weighted by atomic mass is 9.97. The largest absolute Gasteiger partial charge is 0.436 e. The highest BCUT2D eigenvalue weighted by Gasteiger charge is 2.38. The van der Waals surface area contributed by atoms with Crippen molar-refractivity contribution in [1.29, 1.82) is 0 Å². The van der Waals surface area contributed by atoms with E-state index in [0.29, 0.717) is 12.1 Å². The molecular weight excluding hydrogens is 241 g/mol. The van der Waals surface area contributed by atoms with Crippen LogP contribution < -0.4 is 0 Å². The molecule has 0 fully saturated rings. The first-order valence-electron chi connectivity index (χ1n) is 5.72. The molecule has 18 heavy (non-hydrogen) atoms. The van der Waals surface area contributed by atoms with Crippen LogP contribution in [0.15, 0.2) is 0 Å². The molecule has 0 unspecified atom stereocenters. The van der Waals surface area contributed by atoms with Crippen molar-refractivity contribution in [1.82, 2.24) is 9.78 Å².